The predicted octanol–water partition coefficient (Wildman–Crippen LogP) is 3.21. The van der Waals surface area contributed by atoms with Crippen LogP contribution in [0.3, 0.4) is 0 Å². The lowest BCUT2D eigenvalue weighted by Gasteiger charge is -2.17. The van der Waals surface area contributed by atoms with Crippen LogP contribution in [0, 0.1) is 5.82 Å². The summed E-state index contributed by atoms with van der Waals surface area (Å²) in [5, 5.41) is -0.172. The van der Waals surface area contributed by atoms with Gasteiger partial charge in [0.1, 0.15) is 4.90 Å². The summed E-state index contributed by atoms with van der Waals surface area (Å²) in [4.78, 5) is -0.350. The minimum absolute atomic E-state index is 0.193. The van der Waals surface area contributed by atoms with Crippen LogP contribution in [0.5, 0.6) is 0 Å². The van der Waals surface area contributed by atoms with E-state index < -0.39 is 26.9 Å². The molecule has 0 saturated heterocycles. The smallest absolute Gasteiger partial charge is 0.242 e. The maximum Gasteiger partial charge on any atom is 0.242 e. The largest absolute Gasteiger partial charge is 0.383 e. The highest BCUT2D eigenvalue weighted by Crippen LogP contribution is 2.29. The van der Waals surface area contributed by atoms with Crippen molar-refractivity contribution >= 4 is 49.2 Å². The van der Waals surface area contributed by atoms with Crippen molar-refractivity contribution in [3.8, 4) is 0 Å². The molecule has 1 atom stereocenters. The van der Waals surface area contributed by atoms with Gasteiger partial charge in [-0.1, -0.05) is 39.1 Å². The third kappa shape index (κ3) is 4.54. The number of ether oxygens (including phenoxy) is 1. The van der Waals surface area contributed by atoms with Gasteiger partial charge in [-0.05, 0) is 18.6 Å². The van der Waals surface area contributed by atoms with Gasteiger partial charge in [0.25, 0.3) is 0 Å². The Bertz CT molecular complexity index is 565. The lowest BCUT2D eigenvalue weighted by Crippen LogP contribution is -2.38. The first-order chi connectivity index (χ1) is 9.33. The molecule has 1 unspecified atom stereocenters. The summed E-state index contributed by atoms with van der Waals surface area (Å²) in [6.45, 7) is 0.193. The summed E-state index contributed by atoms with van der Waals surface area (Å²) in [5.74, 6) is -0.958. The maximum atomic E-state index is 13.6. The Balaban J connectivity index is 3.07. The number of halogens is 4. The van der Waals surface area contributed by atoms with Crippen LogP contribution in [0.25, 0.3) is 0 Å². The molecule has 0 aliphatic heterocycles. The SMILES string of the molecule is COCC(CCBr)NS(=O)(=O)c1ccc(Cl)c(F)c1Cl. The van der Waals surface area contributed by atoms with Gasteiger partial charge in [-0.3, -0.25) is 0 Å². The van der Waals surface area contributed by atoms with Gasteiger partial charge in [0.15, 0.2) is 5.82 Å². The average molecular weight is 409 g/mol. The van der Waals surface area contributed by atoms with Crippen LogP contribution in [0.1, 0.15) is 6.42 Å². The van der Waals surface area contributed by atoms with Crippen LogP contribution in [0.4, 0.5) is 4.39 Å². The summed E-state index contributed by atoms with van der Waals surface area (Å²) in [7, 11) is -2.49. The number of hydrogen-bond acceptors (Lipinski definition) is 3. The van der Waals surface area contributed by atoms with Crippen LogP contribution in [-0.4, -0.2) is 33.5 Å². The fraction of sp³-hybridized carbons (Fsp3) is 0.455. The molecule has 20 heavy (non-hydrogen) atoms. The van der Waals surface area contributed by atoms with Gasteiger partial charge < -0.3 is 4.74 Å². The van der Waals surface area contributed by atoms with Gasteiger partial charge in [-0.25, -0.2) is 17.5 Å². The van der Waals surface area contributed by atoms with Crippen LogP contribution in [0.2, 0.25) is 10.0 Å². The zero-order valence-electron chi connectivity index (χ0n) is 10.5. The Morgan fingerprint density at radius 1 is 1.45 bits per heavy atom. The first-order valence-electron chi connectivity index (χ1n) is 5.54. The van der Waals surface area contributed by atoms with E-state index in [-0.39, 0.29) is 16.5 Å². The van der Waals surface area contributed by atoms with Crippen molar-refractivity contribution in [3.05, 3.63) is 28.0 Å². The number of benzene rings is 1. The molecule has 4 nitrogen and oxygen atoms in total. The molecule has 114 valence electrons. The molecule has 0 aliphatic rings. The average Bonchev–Trinajstić information content (AvgIpc) is 2.36. The number of nitrogens with one attached hydrogen (secondary N) is 1. The predicted molar refractivity (Wildman–Crippen MR) is 80.8 cm³/mol. The third-order valence-corrected chi connectivity index (χ3v) is 5.23. The number of alkyl halides is 1. The molecule has 0 amide bonds. The summed E-state index contributed by atoms with van der Waals surface area (Å²) >= 11 is 14.5. The number of sulfonamides is 1. The minimum atomic E-state index is -3.96. The first-order valence-corrected chi connectivity index (χ1v) is 8.90. The number of methoxy groups -OCH3 is 1. The molecular formula is C11H13BrCl2FNO3S. The molecule has 1 aromatic rings. The van der Waals surface area contributed by atoms with Gasteiger partial charge in [0.05, 0.1) is 16.7 Å². The van der Waals surface area contributed by atoms with E-state index >= 15 is 0 Å². The summed E-state index contributed by atoms with van der Waals surface area (Å²) in [6.07, 6.45) is 0.515. The van der Waals surface area contributed by atoms with Crippen molar-refractivity contribution in [1.29, 1.82) is 0 Å². The van der Waals surface area contributed by atoms with Crippen molar-refractivity contribution in [3.63, 3.8) is 0 Å². The molecule has 1 rings (SSSR count). The maximum absolute atomic E-state index is 13.6. The second-order valence-corrected chi connectivity index (χ2v) is 7.19. The van der Waals surface area contributed by atoms with Crippen LogP contribution in [0.15, 0.2) is 17.0 Å². The molecule has 0 aromatic heterocycles. The molecule has 0 fully saturated rings. The van der Waals surface area contributed by atoms with E-state index in [2.05, 4.69) is 20.7 Å². The van der Waals surface area contributed by atoms with E-state index in [0.717, 1.165) is 12.1 Å². The highest BCUT2D eigenvalue weighted by molar-refractivity contribution is 9.09. The molecule has 0 bridgehead atoms. The van der Waals surface area contributed by atoms with Crippen molar-refractivity contribution in [2.75, 3.05) is 19.0 Å². The van der Waals surface area contributed by atoms with Crippen molar-refractivity contribution in [2.45, 2.75) is 17.4 Å². The zero-order valence-corrected chi connectivity index (χ0v) is 14.4. The molecule has 0 heterocycles. The second-order valence-electron chi connectivity index (χ2n) is 3.92. The van der Waals surface area contributed by atoms with Gasteiger partial charge in [-0.2, -0.15) is 0 Å². The minimum Gasteiger partial charge on any atom is -0.383 e. The topological polar surface area (TPSA) is 55.4 Å². The Labute approximate surface area is 135 Å². The van der Waals surface area contributed by atoms with Gasteiger partial charge in [0.2, 0.25) is 10.0 Å². The first kappa shape index (κ1) is 18.1. The molecule has 0 spiro atoms. The molecule has 0 radical (unpaired) electrons. The Kier molecular flexibility index (Phi) is 7.17. The monoisotopic (exact) mass is 407 g/mol. The fourth-order valence-corrected chi connectivity index (χ4v) is 4.06. The Morgan fingerprint density at radius 3 is 2.65 bits per heavy atom. The molecule has 1 N–H and O–H groups in total. The van der Waals surface area contributed by atoms with Gasteiger partial charge in [0, 0.05) is 18.5 Å². The van der Waals surface area contributed by atoms with Gasteiger partial charge >= 0.3 is 0 Å². The summed E-state index contributed by atoms with van der Waals surface area (Å²) in [5.41, 5.74) is 0. The van der Waals surface area contributed by atoms with Crippen LogP contribution >= 0.6 is 39.1 Å². The third-order valence-electron chi connectivity index (χ3n) is 2.44. The van der Waals surface area contributed by atoms with E-state index in [0.29, 0.717) is 11.8 Å². The van der Waals surface area contributed by atoms with E-state index in [1.165, 1.54) is 7.11 Å². The summed E-state index contributed by atoms with van der Waals surface area (Å²) in [6, 6.07) is 1.86. The number of rotatable bonds is 7. The quantitative estimate of drug-likeness (QED) is 0.556. The highest BCUT2D eigenvalue weighted by atomic mass is 79.9. The van der Waals surface area contributed by atoms with Crippen molar-refractivity contribution in [2.24, 2.45) is 0 Å². The molecular weight excluding hydrogens is 396 g/mol. The Hall–Kier alpha value is 0.0800. The number of hydrogen-bond donors (Lipinski definition) is 1. The van der Waals surface area contributed by atoms with E-state index in [4.69, 9.17) is 27.9 Å². The summed E-state index contributed by atoms with van der Waals surface area (Å²) < 4.78 is 45.3. The molecule has 0 saturated carbocycles. The molecule has 1 aromatic carbocycles. The van der Waals surface area contributed by atoms with Crippen molar-refractivity contribution < 1.29 is 17.5 Å². The van der Waals surface area contributed by atoms with E-state index in [9.17, 15) is 12.8 Å². The van der Waals surface area contributed by atoms with Gasteiger partial charge in [-0.15, -0.1) is 0 Å². The highest BCUT2D eigenvalue weighted by Gasteiger charge is 2.24. The normalized spacial score (nSPS) is 13.4. The van der Waals surface area contributed by atoms with Crippen LogP contribution < -0.4 is 4.72 Å². The Morgan fingerprint density at radius 2 is 2.10 bits per heavy atom. The standard InChI is InChI=1S/C11H13BrCl2FNO3S/c1-19-6-7(4-5-12)16-20(17,18)9-3-2-8(13)11(15)10(9)14/h2-3,7,16H,4-6H2,1H3. The van der Waals surface area contributed by atoms with E-state index in [1.54, 1.807) is 0 Å². The zero-order chi connectivity index (χ0) is 15.3. The molecule has 0 aliphatic carbocycles. The lowest BCUT2D eigenvalue weighted by molar-refractivity contribution is 0.173. The molecule has 9 heteroatoms. The fourth-order valence-electron chi connectivity index (χ4n) is 1.51. The second kappa shape index (κ2) is 7.91. The lowest BCUT2D eigenvalue weighted by atomic mass is 10.3. The van der Waals surface area contributed by atoms with Crippen LogP contribution in [-0.2, 0) is 14.8 Å². The van der Waals surface area contributed by atoms with E-state index in [1.807, 2.05) is 0 Å². The van der Waals surface area contributed by atoms with Crippen molar-refractivity contribution in [1.82, 2.24) is 4.72 Å².